The van der Waals surface area contributed by atoms with Crippen LogP contribution < -0.4 is 10.6 Å². The van der Waals surface area contributed by atoms with Gasteiger partial charge >= 0.3 is 6.18 Å². The van der Waals surface area contributed by atoms with E-state index in [0.717, 1.165) is 25.1 Å². The molecule has 3 N–H and O–H groups in total. The van der Waals surface area contributed by atoms with Crippen molar-refractivity contribution < 1.29 is 36.6 Å². The number of aliphatic hydroxyl groups is 1. The highest BCUT2D eigenvalue weighted by molar-refractivity contribution is 7.17. The van der Waals surface area contributed by atoms with Gasteiger partial charge in [0.2, 0.25) is 0 Å². The van der Waals surface area contributed by atoms with E-state index >= 15 is 0 Å². The molecule has 0 radical (unpaired) electrons. The number of hydrogen-bond acceptors (Lipinski definition) is 7. The molecule has 0 aliphatic carbocycles. The number of aromatic nitrogens is 2. The van der Waals surface area contributed by atoms with Crippen LogP contribution in [0.1, 0.15) is 86.2 Å². The molecule has 216 valence electrons. The number of rotatable bonds is 9. The second-order valence-electron chi connectivity index (χ2n) is 10.1. The van der Waals surface area contributed by atoms with Crippen LogP contribution in [0.3, 0.4) is 0 Å². The summed E-state index contributed by atoms with van der Waals surface area (Å²) in [5.41, 5.74) is -2.37. The molecule has 1 fully saturated rings. The van der Waals surface area contributed by atoms with E-state index in [1.165, 1.54) is 20.8 Å². The Morgan fingerprint density at radius 1 is 1.28 bits per heavy atom. The SMILES string of the molecule is CC[C@H](Nc1cc(C(F)F)c(-c2sc(C(=O)N[C@H](C)C(C)(C)O)nc2C(=O)N2CCC[C@@H]2C)cn1)C(F)(F)F. The number of likely N-dealkylation sites (tertiary alicyclic amines) is 1. The molecular weight excluding hydrogens is 545 g/mol. The first kappa shape index (κ1) is 30.7. The number of anilines is 1. The molecule has 1 aliphatic heterocycles. The van der Waals surface area contributed by atoms with Crippen LogP contribution in [0, 0.1) is 0 Å². The molecule has 1 saturated heterocycles. The maximum Gasteiger partial charge on any atom is 0.408 e. The number of pyridine rings is 1. The quantitative estimate of drug-likeness (QED) is 0.344. The highest BCUT2D eigenvalue weighted by Gasteiger charge is 2.39. The number of nitrogens with one attached hydrogen (secondary N) is 2. The van der Waals surface area contributed by atoms with Crippen LogP contribution in [-0.2, 0) is 0 Å². The summed E-state index contributed by atoms with van der Waals surface area (Å²) in [5, 5.41) is 14.7. The van der Waals surface area contributed by atoms with Gasteiger partial charge in [-0.05, 0) is 53.0 Å². The molecule has 0 spiro atoms. The number of halogens is 5. The zero-order chi connectivity index (χ0) is 29.3. The third kappa shape index (κ3) is 7.02. The molecule has 2 aromatic rings. The van der Waals surface area contributed by atoms with Gasteiger partial charge in [0.25, 0.3) is 18.2 Å². The third-order valence-electron chi connectivity index (χ3n) is 6.79. The molecule has 8 nitrogen and oxygen atoms in total. The summed E-state index contributed by atoms with van der Waals surface area (Å²) >= 11 is 0.696. The van der Waals surface area contributed by atoms with Gasteiger partial charge in [0, 0.05) is 29.9 Å². The fourth-order valence-corrected chi connectivity index (χ4v) is 5.06. The Balaban J connectivity index is 2.09. The second-order valence-corrected chi connectivity index (χ2v) is 11.1. The molecule has 0 saturated carbocycles. The summed E-state index contributed by atoms with van der Waals surface area (Å²) in [6.45, 7) is 8.12. The average molecular weight is 578 g/mol. The molecule has 2 amide bonds. The molecule has 0 bridgehead atoms. The monoisotopic (exact) mass is 577 g/mol. The first-order chi connectivity index (χ1) is 18.0. The van der Waals surface area contributed by atoms with Gasteiger partial charge in [-0.3, -0.25) is 9.59 Å². The van der Waals surface area contributed by atoms with E-state index in [1.54, 1.807) is 11.8 Å². The fraction of sp³-hybridized carbons (Fsp3) is 0.600. The summed E-state index contributed by atoms with van der Waals surface area (Å²) in [7, 11) is 0. The van der Waals surface area contributed by atoms with Gasteiger partial charge in [-0.15, -0.1) is 11.3 Å². The van der Waals surface area contributed by atoms with Crippen molar-refractivity contribution in [3.8, 4) is 10.4 Å². The van der Waals surface area contributed by atoms with Crippen LogP contribution in [0.2, 0.25) is 0 Å². The summed E-state index contributed by atoms with van der Waals surface area (Å²) in [6.07, 6.45) is -5.65. The van der Waals surface area contributed by atoms with Crippen LogP contribution in [0.25, 0.3) is 10.4 Å². The van der Waals surface area contributed by atoms with E-state index in [0.29, 0.717) is 17.9 Å². The third-order valence-corrected chi connectivity index (χ3v) is 7.87. The van der Waals surface area contributed by atoms with Crippen molar-refractivity contribution in [2.45, 2.75) is 90.2 Å². The molecule has 0 aromatic carbocycles. The van der Waals surface area contributed by atoms with Crippen molar-refractivity contribution >= 4 is 29.0 Å². The van der Waals surface area contributed by atoms with Gasteiger partial charge in [0.05, 0.1) is 16.5 Å². The maximum atomic E-state index is 14.2. The molecule has 1 aliphatic rings. The largest absolute Gasteiger partial charge is 0.408 e. The minimum Gasteiger partial charge on any atom is -0.388 e. The summed E-state index contributed by atoms with van der Waals surface area (Å²) in [4.78, 5) is 36.0. The van der Waals surface area contributed by atoms with Gasteiger partial charge in [-0.25, -0.2) is 18.7 Å². The van der Waals surface area contributed by atoms with E-state index in [2.05, 4.69) is 20.6 Å². The zero-order valence-electron chi connectivity index (χ0n) is 22.2. The van der Waals surface area contributed by atoms with Crippen LogP contribution in [-0.4, -0.2) is 68.2 Å². The first-order valence-corrected chi connectivity index (χ1v) is 13.3. The van der Waals surface area contributed by atoms with Gasteiger partial charge in [-0.1, -0.05) is 6.92 Å². The standard InChI is InChI=1S/C25H32F5N5O3S/c1-6-16(25(28,29)30)33-17-10-14(20(26)27)15(11-31-17)19-18(23(37)35-9-7-8-12(35)2)34-22(39-19)21(36)32-13(3)24(4,5)38/h10-13,16,20,38H,6-9H2,1-5H3,(H,31,33)(H,32,36)/t12-,13+,16-/m0/s1. The lowest BCUT2D eigenvalue weighted by Crippen LogP contribution is -2.47. The number of hydrogen-bond donors (Lipinski definition) is 3. The lowest BCUT2D eigenvalue weighted by Gasteiger charge is -2.26. The summed E-state index contributed by atoms with van der Waals surface area (Å²) in [5.74, 6) is -1.67. The van der Waals surface area contributed by atoms with Crippen LogP contribution in [0.15, 0.2) is 12.3 Å². The predicted octanol–water partition coefficient (Wildman–Crippen LogP) is 5.41. The summed E-state index contributed by atoms with van der Waals surface area (Å²) < 4.78 is 68.1. The molecule has 3 heterocycles. The lowest BCUT2D eigenvalue weighted by molar-refractivity contribution is -0.142. The van der Waals surface area contributed by atoms with E-state index in [9.17, 15) is 36.6 Å². The number of carbonyl (C=O) groups excluding carboxylic acids is 2. The number of carbonyl (C=O) groups is 2. The van der Waals surface area contributed by atoms with Gasteiger partial charge < -0.3 is 20.6 Å². The minimum atomic E-state index is -4.62. The number of alkyl halides is 5. The molecule has 0 unspecified atom stereocenters. The topological polar surface area (TPSA) is 107 Å². The van der Waals surface area contributed by atoms with Crippen molar-refractivity contribution in [1.82, 2.24) is 20.2 Å². The van der Waals surface area contributed by atoms with Crippen LogP contribution in [0.4, 0.5) is 27.8 Å². The Bertz CT molecular complexity index is 1200. The Kier molecular flexibility index (Phi) is 9.20. The van der Waals surface area contributed by atoms with Crippen LogP contribution in [0.5, 0.6) is 0 Å². The Labute approximate surface area is 227 Å². The lowest BCUT2D eigenvalue weighted by atomic mass is 10.0. The van der Waals surface area contributed by atoms with Gasteiger partial charge in [0.15, 0.2) is 5.01 Å². The molecule has 3 rings (SSSR count). The average Bonchev–Trinajstić information content (AvgIpc) is 3.47. The van der Waals surface area contributed by atoms with Crippen molar-refractivity contribution in [1.29, 1.82) is 0 Å². The number of thiazole rings is 1. The van der Waals surface area contributed by atoms with E-state index < -0.39 is 53.5 Å². The molecular formula is C25H32F5N5O3S. The van der Waals surface area contributed by atoms with Gasteiger partial charge in [-0.2, -0.15) is 13.2 Å². The van der Waals surface area contributed by atoms with Crippen molar-refractivity contribution in [2.75, 3.05) is 11.9 Å². The molecule has 39 heavy (non-hydrogen) atoms. The maximum absolute atomic E-state index is 14.2. The van der Waals surface area contributed by atoms with E-state index in [1.807, 2.05) is 6.92 Å². The van der Waals surface area contributed by atoms with Crippen molar-refractivity contribution in [3.63, 3.8) is 0 Å². The Morgan fingerprint density at radius 3 is 2.46 bits per heavy atom. The number of amides is 2. The van der Waals surface area contributed by atoms with Gasteiger partial charge in [0.1, 0.15) is 17.6 Å². The van der Waals surface area contributed by atoms with Crippen molar-refractivity contribution in [3.05, 3.63) is 28.5 Å². The Hall–Kier alpha value is -2.87. The Morgan fingerprint density at radius 2 is 1.95 bits per heavy atom. The highest BCUT2D eigenvalue weighted by Crippen LogP contribution is 2.39. The van der Waals surface area contributed by atoms with Crippen LogP contribution >= 0.6 is 11.3 Å². The second kappa shape index (κ2) is 11.7. The molecule has 2 aromatic heterocycles. The normalized spacial score (nSPS) is 17.8. The van der Waals surface area contributed by atoms with E-state index in [-0.39, 0.29) is 33.6 Å². The molecule has 3 atom stereocenters. The first-order valence-electron chi connectivity index (χ1n) is 12.5. The fourth-order valence-electron chi connectivity index (χ4n) is 4.06. The number of nitrogens with zero attached hydrogens (tertiary/aromatic N) is 3. The van der Waals surface area contributed by atoms with E-state index in [4.69, 9.17) is 0 Å². The van der Waals surface area contributed by atoms with Crippen molar-refractivity contribution in [2.24, 2.45) is 0 Å². The smallest absolute Gasteiger partial charge is 0.388 e. The minimum absolute atomic E-state index is 0.0441. The zero-order valence-corrected chi connectivity index (χ0v) is 23.0. The predicted molar refractivity (Wildman–Crippen MR) is 137 cm³/mol. The highest BCUT2D eigenvalue weighted by atomic mass is 32.1. The molecule has 14 heteroatoms. The summed E-state index contributed by atoms with van der Waals surface area (Å²) in [6, 6.07) is -2.02.